The van der Waals surface area contributed by atoms with Gasteiger partial charge < -0.3 is 10.4 Å². The van der Waals surface area contributed by atoms with Crippen LogP contribution in [0.2, 0.25) is 12.6 Å². The molecule has 0 unspecified atom stereocenters. The molecule has 3 heteroatoms. The van der Waals surface area contributed by atoms with Crippen molar-refractivity contribution in [1.82, 2.24) is 0 Å². The molecule has 0 atom stereocenters. The van der Waals surface area contributed by atoms with Crippen LogP contribution in [-0.2, 0) is 0 Å². The van der Waals surface area contributed by atoms with Gasteiger partial charge in [0, 0.05) is 13.1 Å². The lowest BCUT2D eigenvalue weighted by atomic mass is 10.6. The Morgan fingerprint density at radius 1 is 1.56 bits per heavy atom. The normalized spacial score (nSPS) is 12.1. The third-order valence-corrected chi connectivity index (χ3v) is 3.11. The third-order valence-electron chi connectivity index (χ3n) is 1.12. The number of rotatable bonds is 4. The van der Waals surface area contributed by atoms with Crippen LogP contribution >= 0.6 is 0 Å². The Hall–Kier alpha value is -0.0231. The van der Waals surface area contributed by atoms with Gasteiger partial charge in [-0.3, -0.25) is 0 Å². The molecule has 0 bridgehead atoms. The van der Waals surface area contributed by atoms with Crippen LogP contribution in [0.15, 0.2) is 4.63 Å². The Morgan fingerprint density at radius 3 is 2.67 bits per heavy atom. The molecule has 0 aliphatic carbocycles. The van der Waals surface area contributed by atoms with Gasteiger partial charge in [0.1, 0.15) is 8.59 Å². The van der Waals surface area contributed by atoms with Gasteiger partial charge in [0.05, 0.1) is 0 Å². The average Bonchev–Trinajstić information content (AvgIpc) is 1.85. The molecule has 9 heavy (non-hydrogen) atoms. The first-order valence-electron chi connectivity index (χ1n) is 3.51. The molecule has 0 rings (SSSR count). The second-order valence-corrected chi connectivity index (χ2v) is 4.44. The zero-order valence-corrected chi connectivity index (χ0v) is 7.35. The van der Waals surface area contributed by atoms with Crippen molar-refractivity contribution in [3.8, 4) is 0 Å². The summed E-state index contributed by atoms with van der Waals surface area (Å²) in [6.07, 6.45) is 1.26. The summed E-state index contributed by atoms with van der Waals surface area (Å²) in [7, 11) is -0.358. The molecule has 2 nitrogen and oxygen atoms in total. The van der Waals surface area contributed by atoms with Crippen molar-refractivity contribution in [1.29, 1.82) is 0 Å². The van der Waals surface area contributed by atoms with E-state index in [0.717, 1.165) is 6.54 Å². The standard InChI is InChI=1S/C6H16N2Si/c1-3-6-9(2)8-5-4-7/h3-7H2,1-2H3/b9-8+. The number of hydrogen-bond donors (Lipinski definition) is 1. The summed E-state index contributed by atoms with van der Waals surface area (Å²) >= 11 is 0. The predicted molar refractivity (Wildman–Crippen MR) is 43.1 cm³/mol. The van der Waals surface area contributed by atoms with E-state index in [0.29, 0.717) is 6.54 Å². The van der Waals surface area contributed by atoms with Crippen molar-refractivity contribution in [2.75, 3.05) is 13.1 Å². The fraction of sp³-hybridized carbons (Fsp3) is 1.00. The maximum absolute atomic E-state index is 5.30. The lowest BCUT2D eigenvalue weighted by Gasteiger charge is -1.93. The van der Waals surface area contributed by atoms with E-state index in [1.54, 1.807) is 0 Å². The molecule has 0 saturated heterocycles. The van der Waals surface area contributed by atoms with Crippen molar-refractivity contribution in [3.05, 3.63) is 0 Å². The van der Waals surface area contributed by atoms with E-state index in [-0.39, 0.29) is 8.59 Å². The summed E-state index contributed by atoms with van der Waals surface area (Å²) in [4.78, 5) is 0. The highest BCUT2D eigenvalue weighted by atomic mass is 28.2. The predicted octanol–water partition coefficient (Wildman–Crippen LogP) is 1.24. The highest BCUT2D eigenvalue weighted by molar-refractivity contribution is 6.44. The molecule has 0 amide bonds. The summed E-state index contributed by atoms with van der Waals surface area (Å²) in [5.74, 6) is 0. The Balaban J connectivity index is 3.30. The molecular weight excluding hydrogens is 128 g/mol. The van der Waals surface area contributed by atoms with E-state index in [1.165, 1.54) is 12.5 Å². The van der Waals surface area contributed by atoms with Gasteiger partial charge in [-0.05, 0) is 12.6 Å². The average molecular weight is 144 g/mol. The van der Waals surface area contributed by atoms with Gasteiger partial charge in [0.15, 0.2) is 0 Å². The Labute approximate surface area is 58.8 Å². The van der Waals surface area contributed by atoms with Crippen molar-refractivity contribution in [3.63, 3.8) is 0 Å². The van der Waals surface area contributed by atoms with E-state index >= 15 is 0 Å². The fourth-order valence-electron chi connectivity index (χ4n) is 0.696. The quantitative estimate of drug-likeness (QED) is 0.592. The molecule has 2 N–H and O–H groups in total. The Kier molecular flexibility index (Phi) is 6.09. The lowest BCUT2D eigenvalue weighted by molar-refractivity contribution is 0.970. The topological polar surface area (TPSA) is 38.4 Å². The van der Waals surface area contributed by atoms with Gasteiger partial charge in [0.2, 0.25) is 0 Å². The van der Waals surface area contributed by atoms with Crippen LogP contribution in [0.5, 0.6) is 0 Å². The summed E-state index contributed by atoms with van der Waals surface area (Å²) in [5.41, 5.74) is 5.30. The molecule has 0 aromatic rings. The van der Waals surface area contributed by atoms with Gasteiger partial charge >= 0.3 is 0 Å². The van der Waals surface area contributed by atoms with Gasteiger partial charge in [-0.25, -0.2) is 0 Å². The van der Waals surface area contributed by atoms with Gasteiger partial charge in [0.25, 0.3) is 0 Å². The van der Waals surface area contributed by atoms with E-state index in [1.807, 2.05) is 0 Å². The monoisotopic (exact) mass is 144 g/mol. The molecule has 0 spiro atoms. The van der Waals surface area contributed by atoms with Gasteiger partial charge in [-0.1, -0.05) is 13.3 Å². The molecule has 0 heterocycles. The van der Waals surface area contributed by atoms with Crippen LogP contribution in [0.4, 0.5) is 0 Å². The Bertz CT molecular complexity index is 91.1. The number of nitrogens with two attached hydrogens (primary N) is 1. The highest BCUT2D eigenvalue weighted by Crippen LogP contribution is 1.90. The van der Waals surface area contributed by atoms with Crippen molar-refractivity contribution in [2.24, 2.45) is 10.4 Å². The first-order chi connectivity index (χ1) is 4.31. The van der Waals surface area contributed by atoms with Crippen LogP contribution in [0.1, 0.15) is 13.3 Å². The zero-order valence-electron chi connectivity index (χ0n) is 6.35. The molecule has 0 fully saturated rings. The summed E-state index contributed by atoms with van der Waals surface area (Å²) in [5, 5.41) is 0. The smallest absolute Gasteiger partial charge is 0.118 e. The van der Waals surface area contributed by atoms with Crippen LogP contribution in [-0.4, -0.2) is 21.7 Å². The third kappa shape index (κ3) is 5.85. The van der Waals surface area contributed by atoms with Gasteiger partial charge in [-0.15, -0.1) is 0 Å². The second-order valence-electron chi connectivity index (χ2n) is 2.16. The fourth-order valence-corrected chi connectivity index (χ4v) is 2.09. The molecule has 0 aromatic heterocycles. The van der Waals surface area contributed by atoms with E-state index in [9.17, 15) is 0 Å². The summed E-state index contributed by atoms with van der Waals surface area (Å²) in [6.45, 7) is 6.02. The highest BCUT2D eigenvalue weighted by Gasteiger charge is 1.87. The Morgan fingerprint density at radius 2 is 2.22 bits per heavy atom. The molecule has 0 saturated carbocycles. The minimum absolute atomic E-state index is 0.358. The van der Waals surface area contributed by atoms with Crippen molar-refractivity contribution in [2.45, 2.75) is 25.9 Å². The van der Waals surface area contributed by atoms with E-state index in [4.69, 9.17) is 5.73 Å². The number of hydrogen-bond acceptors (Lipinski definition) is 2. The maximum Gasteiger partial charge on any atom is 0.118 e. The van der Waals surface area contributed by atoms with Crippen molar-refractivity contribution >= 4 is 8.59 Å². The SMILES string of the molecule is CCC/[Si](C)=N/CCN. The molecule has 0 radical (unpaired) electrons. The molecule has 54 valence electrons. The first-order valence-corrected chi connectivity index (χ1v) is 5.66. The van der Waals surface area contributed by atoms with E-state index in [2.05, 4.69) is 18.1 Å². The maximum atomic E-state index is 5.30. The molecule has 0 aliphatic heterocycles. The van der Waals surface area contributed by atoms with Crippen molar-refractivity contribution < 1.29 is 0 Å². The molecular formula is C6H16N2Si. The molecule has 0 aliphatic rings. The van der Waals surface area contributed by atoms with Crippen LogP contribution in [0.25, 0.3) is 0 Å². The summed E-state index contributed by atoms with van der Waals surface area (Å²) < 4.78 is 4.41. The minimum Gasteiger partial charge on any atom is -0.336 e. The lowest BCUT2D eigenvalue weighted by Crippen LogP contribution is -2.05. The van der Waals surface area contributed by atoms with Crippen LogP contribution in [0.3, 0.4) is 0 Å². The summed E-state index contributed by atoms with van der Waals surface area (Å²) in [6, 6.07) is 1.30. The van der Waals surface area contributed by atoms with E-state index < -0.39 is 0 Å². The zero-order chi connectivity index (χ0) is 7.11. The van der Waals surface area contributed by atoms with Gasteiger partial charge in [-0.2, -0.15) is 0 Å². The second kappa shape index (κ2) is 6.10. The largest absolute Gasteiger partial charge is 0.336 e. The number of nitrogens with zero attached hydrogens (tertiary/aromatic N) is 1. The first kappa shape index (κ1) is 8.98. The van der Waals surface area contributed by atoms with Crippen LogP contribution in [0, 0.1) is 0 Å². The molecule has 0 aromatic carbocycles. The van der Waals surface area contributed by atoms with Crippen LogP contribution < -0.4 is 5.73 Å². The minimum atomic E-state index is -0.358.